The summed E-state index contributed by atoms with van der Waals surface area (Å²) in [6.07, 6.45) is 1.49. The first-order chi connectivity index (χ1) is 15.2. The fraction of sp³-hybridized carbons (Fsp3) is 0.0952. The van der Waals surface area contributed by atoms with Gasteiger partial charge in [0.25, 0.3) is 21.8 Å². The zero-order valence-corrected chi connectivity index (χ0v) is 19.3. The number of aromatic nitrogens is 1. The van der Waals surface area contributed by atoms with Crippen molar-refractivity contribution in [2.24, 2.45) is 0 Å². The Balaban J connectivity index is 1.56. The van der Waals surface area contributed by atoms with Gasteiger partial charge in [-0.05, 0) is 55.3 Å². The molecule has 2 aromatic carbocycles. The van der Waals surface area contributed by atoms with Gasteiger partial charge in [-0.2, -0.15) is 0 Å². The van der Waals surface area contributed by atoms with E-state index < -0.39 is 21.8 Å². The van der Waals surface area contributed by atoms with Crippen LogP contribution in [0.1, 0.15) is 11.1 Å². The van der Waals surface area contributed by atoms with Gasteiger partial charge in [-0.1, -0.05) is 23.7 Å². The zero-order valence-electron chi connectivity index (χ0n) is 16.9. The summed E-state index contributed by atoms with van der Waals surface area (Å²) in [5.41, 5.74) is 2.51. The Morgan fingerprint density at radius 3 is 2.41 bits per heavy atom. The van der Waals surface area contributed by atoms with Crippen LogP contribution in [0.2, 0.25) is 0 Å². The van der Waals surface area contributed by atoms with E-state index in [0.29, 0.717) is 11.4 Å². The standard InChI is InChI=1S/C21H17ClN4O4S2/c1-12-4-3-5-16(13(12)2)26-19(27)17(22)18(20(26)28)24-14-6-8-15(9-7-14)32(29,30)25-21-23-10-11-31-21/h3-11,24H,1-2H3,(H,23,25). The second kappa shape index (κ2) is 8.38. The van der Waals surface area contributed by atoms with E-state index in [1.54, 1.807) is 17.5 Å². The first-order valence-electron chi connectivity index (χ1n) is 9.33. The maximum Gasteiger partial charge on any atom is 0.283 e. The molecule has 0 saturated heterocycles. The first kappa shape index (κ1) is 22.0. The van der Waals surface area contributed by atoms with Crippen LogP contribution in [0.5, 0.6) is 0 Å². The molecule has 0 saturated carbocycles. The summed E-state index contributed by atoms with van der Waals surface area (Å²) in [5, 5.41) is 4.51. The number of imide groups is 1. The molecule has 0 atom stereocenters. The molecule has 1 aromatic heterocycles. The van der Waals surface area contributed by atoms with Crippen molar-refractivity contribution in [1.29, 1.82) is 0 Å². The van der Waals surface area contributed by atoms with Crippen LogP contribution >= 0.6 is 22.9 Å². The van der Waals surface area contributed by atoms with E-state index in [4.69, 9.17) is 11.6 Å². The minimum atomic E-state index is -3.81. The quantitative estimate of drug-likeness (QED) is 0.508. The molecule has 0 spiro atoms. The first-order valence-corrected chi connectivity index (χ1v) is 12.1. The number of carbonyl (C=O) groups is 2. The predicted molar refractivity (Wildman–Crippen MR) is 124 cm³/mol. The van der Waals surface area contributed by atoms with Crippen molar-refractivity contribution < 1.29 is 18.0 Å². The number of carbonyl (C=O) groups excluding carboxylic acids is 2. The fourth-order valence-electron chi connectivity index (χ4n) is 3.12. The van der Waals surface area contributed by atoms with Gasteiger partial charge in [0.1, 0.15) is 10.7 Å². The average Bonchev–Trinajstić information content (AvgIpc) is 3.33. The van der Waals surface area contributed by atoms with Gasteiger partial charge >= 0.3 is 0 Å². The number of hydrogen-bond donors (Lipinski definition) is 2. The number of hydrogen-bond acceptors (Lipinski definition) is 7. The van der Waals surface area contributed by atoms with E-state index in [1.165, 1.54) is 30.5 Å². The van der Waals surface area contributed by atoms with E-state index in [0.717, 1.165) is 27.4 Å². The van der Waals surface area contributed by atoms with Gasteiger partial charge < -0.3 is 5.32 Å². The van der Waals surface area contributed by atoms with Crippen LogP contribution < -0.4 is 14.9 Å². The number of rotatable bonds is 6. The number of thiazole rings is 1. The number of anilines is 3. The largest absolute Gasteiger partial charge is 0.350 e. The number of amides is 2. The molecule has 0 bridgehead atoms. The Morgan fingerprint density at radius 2 is 1.75 bits per heavy atom. The summed E-state index contributed by atoms with van der Waals surface area (Å²) in [7, 11) is -3.81. The molecule has 11 heteroatoms. The van der Waals surface area contributed by atoms with Gasteiger partial charge in [-0.15, -0.1) is 11.3 Å². The second-order valence-electron chi connectivity index (χ2n) is 6.95. The highest BCUT2D eigenvalue weighted by molar-refractivity contribution is 7.93. The van der Waals surface area contributed by atoms with Crippen molar-refractivity contribution in [3.05, 3.63) is 75.9 Å². The van der Waals surface area contributed by atoms with Crippen LogP contribution in [0, 0.1) is 13.8 Å². The SMILES string of the molecule is Cc1cccc(N2C(=O)C(Cl)=C(Nc3ccc(S(=O)(=O)Nc4nccs4)cc3)C2=O)c1C. The lowest BCUT2D eigenvalue weighted by Gasteiger charge is -2.18. The monoisotopic (exact) mass is 488 g/mol. The van der Waals surface area contributed by atoms with E-state index in [2.05, 4.69) is 15.0 Å². The molecular weight excluding hydrogens is 472 g/mol. The van der Waals surface area contributed by atoms with Crippen molar-refractivity contribution in [3.63, 3.8) is 0 Å². The summed E-state index contributed by atoms with van der Waals surface area (Å²) in [6.45, 7) is 3.71. The molecule has 1 aliphatic heterocycles. The van der Waals surface area contributed by atoms with Crippen LogP contribution in [-0.2, 0) is 19.6 Å². The van der Waals surface area contributed by atoms with E-state index in [-0.39, 0.29) is 20.8 Å². The van der Waals surface area contributed by atoms with Crippen LogP contribution in [0.25, 0.3) is 0 Å². The van der Waals surface area contributed by atoms with E-state index in [1.807, 2.05) is 19.9 Å². The van der Waals surface area contributed by atoms with Crippen molar-refractivity contribution in [3.8, 4) is 0 Å². The summed E-state index contributed by atoms with van der Waals surface area (Å²) < 4.78 is 27.3. The summed E-state index contributed by atoms with van der Waals surface area (Å²) in [4.78, 5) is 30.6. The molecule has 4 rings (SSSR count). The average molecular weight is 489 g/mol. The van der Waals surface area contributed by atoms with Gasteiger partial charge in [0, 0.05) is 17.3 Å². The lowest BCUT2D eigenvalue weighted by Crippen LogP contribution is -2.33. The zero-order chi connectivity index (χ0) is 23.0. The maximum absolute atomic E-state index is 13.0. The smallest absolute Gasteiger partial charge is 0.283 e. The normalized spacial score (nSPS) is 14.3. The van der Waals surface area contributed by atoms with Crippen LogP contribution in [0.3, 0.4) is 0 Å². The third-order valence-electron chi connectivity index (χ3n) is 4.93. The Kier molecular flexibility index (Phi) is 5.76. The van der Waals surface area contributed by atoms with Gasteiger partial charge in [-0.3, -0.25) is 14.3 Å². The molecule has 8 nitrogen and oxygen atoms in total. The lowest BCUT2D eigenvalue weighted by atomic mass is 10.1. The second-order valence-corrected chi connectivity index (χ2v) is 9.90. The number of benzene rings is 2. The Bertz CT molecular complexity index is 1350. The fourth-order valence-corrected chi connectivity index (χ4v) is 5.12. The molecule has 2 amide bonds. The van der Waals surface area contributed by atoms with Gasteiger partial charge in [0.15, 0.2) is 5.13 Å². The topological polar surface area (TPSA) is 108 Å². The number of nitrogens with one attached hydrogen (secondary N) is 2. The Labute approximate surface area is 193 Å². The molecule has 1 aliphatic rings. The number of sulfonamides is 1. The summed E-state index contributed by atoms with van der Waals surface area (Å²) in [5.74, 6) is -1.21. The molecular formula is C21H17ClN4O4S2. The van der Waals surface area contributed by atoms with E-state index >= 15 is 0 Å². The minimum Gasteiger partial charge on any atom is -0.350 e. The van der Waals surface area contributed by atoms with Crippen LogP contribution in [0.15, 0.2) is 69.7 Å². The molecule has 2 N–H and O–H groups in total. The third kappa shape index (κ3) is 3.99. The van der Waals surface area contributed by atoms with Crippen molar-refractivity contribution in [2.45, 2.75) is 18.7 Å². The molecule has 0 unspecified atom stereocenters. The number of halogens is 1. The Hall–Kier alpha value is -3.21. The predicted octanol–water partition coefficient (Wildman–Crippen LogP) is 4.00. The van der Waals surface area contributed by atoms with Crippen molar-refractivity contribution >= 4 is 61.3 Å². The minimum absolute atomic E-state index is 0.0177. The lowest BCUT2D eigenvalue weighted by molar-refractivity contribution is -0.120. The highest BCUT2D eigenvalue weighted by atomic mass is 35.5. The molecule has 0 aliphatic carbocycles. The van der Waals surface area contributed by atoms with Crippen LogP contribution in [-0.4, -0.2) is 25.2 Å². The van der Waals surface area contributed by atoms with Gasteiger partial charge in [0.2, 0.25) is 0 Å². The summed E-state index contributed by atoms with van der Waals surface area (Å²) in [6, 6.07) is 11.0. The highest BCUT2D eigenvalue weighted by Gasteiger charge is 2.39. The molecule has 3 aromatic rings. The van der Waals surface area contributed by atoms with Crippen molar-refractivity contribution in [2.75, 3.05) is 14.9 Å². The molecule has 32 heavy (non-hydrogen) atoms. The van der Waals surface area contributed by atoms with Gasteiger partial charge in [-0.25, -0.2) is 18.3 Å². The van der Waals surface area contributed by atoms with E-state index in [9.17, 15) is 18.0 Å². The third-order valence-corrected chi connectivity index (χ3v) is 7.46. The number of nitrogens with zero attached hydrogens (tertiary/aromatic N) is 2. The molecule has 2 heterocycles. The Morgan fingerprint density at radius 1 is 1.03 bits per heavy atom. The van der Waals surface area contributed by atoms with Gasteiger partial charge in [0.05, 0.1) is 10.6 Å². The van der Waals surface area contributed by atoms with Crippen LogP contribution in [0.4, 0.5) is 16.5 Å². The highest BCUT2D eigenvalue weighted by Crippen LogP contribution is 2.33. The van der Waals surface area contributed by atoms with Crippen molar-refractivity contribution in [1.82, 2.24) is 4.98 Å². The summed E-state index contributed by atoms with van der Waals surface area (Å²) >= 11 is 7.35. The molecule has 0 radical (unpaired) electrons. The molecule has 0 fully saturated rings. The molecule has 164 valence electrons. The number of aryl methyl sites for hydroxylation is 1. The maximum atomic E-state index is 13.0.